The lowest BCUT2D eigenvalue weighted by molar-refractivity contribution is 0.0635. The van der Waals surface area contributed by atoms with Gasteiger partial charge in [0.15, 0.2) is 0 Å². The summed E-state index contributed by atoms with van der Waals surface area (Å²) in [5, 5.41) is 5.60. The first-order valence-corrected chi connectivity index (χ1v) is 9.44. The molecule has 6 heteroatoms. The van der Waals surface area contributed by atoms with Crippen molar-refractivity contribution in [1.82, 2.24) is 10.2 Å². The molecule has 2 rings (SSSR count). The number of carbonyl (C=O) groups excluding carboxylic acids is 2. The minimum Gasteiger partial charge on any atom is -0.444 e. The summed E-state index contributed by atoms with van der Waals surface area (Å²) in [6.45, 7) is 9.44. The van der Waals surface area contributed by atoms with Gasteiger partial charge in [0.25, 0.3) is 5.91 Å². The van der Waals surface area contributed by atoms with Gasteiger partial charge in [0.2, 0.25) is 0 Å². The van der Waals surface area contributed by atoms with Crippen LogP contribution in [-0.2, 0) is 4.74 Å². The molecule has 1 saturated heterocycles. The van der Waals surface area contributed by atoms with Crippen molar-refractivity contribution in [2.24, 2.45) is 0 Å². The standard InChI is InChI=1S/C20H31N3O3/c1-20(2,3)26-19(25)22-17-10-7-9-16(15-17)18(24)21-11-8-14-23-12-5-4-6-13-23/h7,9-10,15H,4-6,8,11-14H2,1-3H3,(H,21,24)(H,22,25). The number of anilines is 1. The highest BCUT2D eigenvalue weighted by atomic mass is 16.6. The summed E-state index contributed by atoms with van der Waals surface area (Å²) in [5.41, 5.74) is 0.504. The molecule has 1 fully saturated rings. The van der Waals surface area contributed by atoms with Gasteiger partial charge in [-0.25, -0.2) is 4.79 Å². The van der Waals surface area contributed by atoms with Crippen molar-refractivity contribution in [2.45, 2.75) is 52.1 Å². The molecule has 1 aliphatic rings. The molecule has 1 aliphatic heterocycles. The van der Waals surface area contributed by atoms with Gasteiger partial charge in [0, 0.05) is 17.8 Å². The van der Waals surface area contributed by atoms with E-state index >= 15 is 0 Å². The van der Waals surface area contributed by atoms with Gasteiger partial charge in [-0.3, -0.25) is 10.1 Å². The summed E-state index contributed by atoms with van der Waals surface area (Å²) in [4.78, 5) is 26.6. The Labute approximate surface area is 156 Å². The number of amides is 2. The van der Waals surface area contributed by atoms with Crippen LogP contribution in [0.15, 0.2) is 24.3 Å². The lowest BCUT2D eigenvalue weighted by Crippen LogP contribution is -2.33. The third-order valence-electron chi connectivity index (χ3n) is 4.16. The molecule has 26 heavy (non-hydrogen) atoms. The zero-order chi connectivity index (χ0) is 19.0. The largest absolute Gasteiger partial charge is 0.444 e. The van der Waals surface area contributed by atoms with Crippen molar-refractivity contribution in [2.75, 3.05) is 31.5 Å². The van der Waals surface area contributed by atoms with E-state index in [-0.39, 0.29) is 5.91 Å². The molecule has 2 N–H and O–H groups in total. The summed E-state index contributed by atoms with van der Waals surface area (Å²) >= 11 is 0. The number of likely N-dealkylation sites (tertiary alicyclic amines) is 1. The van der Waals surface area contributed by atoms with Crippen LogP contribution in [0.3, 0.4) is 0 Å². The van der Waals surface area contributed by atoms with E-state index in [1.165, 1.54) is 32.4 Å². The fourth-order valence-corrected chi connectivity index (χ4v) is 2.95. The van der Waals surface area contributed by atoms with E-state index in [0.717, 1.165) is 13.0 Å². The number of nitrogens with zero attached hydrogens (tertiary/aromatic N) is 1. The van der Waals surface area contributed by atoms with Crippen LogP contribution >= 0.6 is 0 Å². The number of piperidine rings is 1. The molecule has 0 radical (unpaired) electrons. The number of nitrogens with one attached hydrogen (secondary N) is 2. The molecule has 1 aromatic rings. The van der Waals surface area contributed by atoms with Crippen LogP contribution in [0.25, 0.3) is 0 Å². The minimum atomic E-state index is -0.562. The monoisotopic (exact) mass is 361 g/mol. The normalized spacial score (nSPS) is 15.3. The van der Waals surface area contributed by atoms with Gasteiger partial charge in [-0.1, -0.05) is 12.5 Å². The van der Waals surface area contributed by atoms with E-state index in [1.54, 1.807) is 45.0 Å². The summed E-state index contributed by atoms with van der Waals surface area (Å²) < 4.78 is 5.22. The molecule has 0 saturated carbocycles. The van der Waals surface area contributed by atoms with Gasteiger partial charge < -0.3 is 15.0 Å². The number of rotatable bonds is 6. The van der Waals surface area contributed by atoms with Crippen molar-refractivity contribution in [3.63, 3.8) is 0 Å². The SMILES string of the molecule is CC(C)(C)OC(=O)Nc1cccc(C(=O)NCCCN2CCCCC2)c1. The maximum atomic E-state index is 12.3. The molecule has 0 atom stereocenters. The van der Waals surface area contributed by atoms with Crippen LogP contribution in [0, 0.1) is 0 Å². The molecule has 6 nitrogen and oxygen atoms in total. The van der Waals surface area contributed by atoms with Crippen molar-refractivity contribution in [3.8, 4) is 0 Å². The molecule has 1 heterocycles. The van der Waals surface area contributed by atoms with Crippen molar-refractivity contribution in [3.05, 3.63) is 29.8 Å². The molecule has 0 aromatic heterocycles. The molecule has 0 spiro atoms. The highest BCUT2D eigenvalue weighted by Gasteiger charge is 2.16. The molecule has 0 aliphatic carbocycles. The number of hydrogen-bond donors (Lipinski definition) is 2. The summed E-state index contributed by atoms with van der Waals surface area (Å²) in [5.74, 6) is -0.128. The molecular weight excluding hydrogens is 330 g/mol. The van der Waals surface area contributed by atoms with Crippen molar-refractivity contribution >= 4 is 17.7 Å². The maximum Gasteiger partial charge on any atom is 0.412 e. The Hall–Kier alpha value is -2.08. The Balaban J connectivity index is 1.76. The van der Waals surface area contributed by atoms with Crippen molar-refractivity contribution < 1.29 is 14.3 Å². The zero-order valence-electron chi connectivity index (χ0n) is 16.1. The van der Waals surface area contributed by atoms with Crippen LogP contribution in [0.4, 0.5) is 10.5 Å². The van der Waals surface area contributed by atoms with E-state index in [1.807, 2.05) is 0 Å². The Morgan fingerprint density at radius 3 is 2.58 bits per heavy atom. The third kappa shape index (κ3) is 7.44. The van der Waals surface area contributed by atoms with Gasteiger partial charge in [0.05, 0.1) is 0 Å². The molecule has 0 unspecified atom stereocenters. The first-order valence-electron chi connectivity index (χ1n) is 9.44. The fraction of sp³-hybridized carbons (Fsp3) is 0.600. The second kappa shape index (κ2) is 9.57. The maximum absolute atomic E-state index is 12.3. The Bertz CT molecular complexity index is 605. The minimum absolute atomic E-state index is 0.128. The van der Waals surface area contributed by atoms with Crippen LogP contribution in [-0.4, -0.2) is 48.7 Å². The molecular formula is C20H31N3O3. The number of benzene rings is 1. The quantitative estimate of drug-likeness (QED) is 0.759. The van der Waals surface area contributed by atoms with Crippen LogP contribution in [0.2, 0.25) is 0 Å². The zero-order valence-corrected chi connectivity index (χ0v) is 16.1. The number of hydrogen-bond acceptors (Lipinski definition) is 4. The predicted octanol–water partition coefficient (Wildman–Crippen LogP) is 3.64. The van der Waals surface area contributed by atoms with E-state index in [4.69, 9.17) is 4.74 Å². The molecule has 2 amide bonds. The Morgan fingerprint density at radius 1 is 1.15 bits per heavy atom. The summed E-state index contributed by atoms with van der Waals surface area (Å²) in [7, 11) is 0. The highest BCUT2D eigenvalue weighted by Crippen LogP contribution is 2.14. The Kier molecular flexibility index (Phi) is 7.45. The lowest BCUT2D eigenvalue weighted by atomic mass is 10.1. The number of carbonyl (C=O) groups is 2. The van der Waals surface area contributed by atoms with E-state index < -0.39 is 11.7 Å². The second-order valence-electron chi connectivity index (χ2n) is 7.72. The van der Waals surface area contributed by atoms with Crippen LogP contribution in [0.5, 0.6) is 0 Å². The van der Waals surface area contributed by atoms with Gasteiger partial charge in [0.1, 0.15) is 5.60 Å². The topological polar surface area (TPSA) is 70.7 Å². The first-order chi connectivity index (χ1) is 12.3. The average molecular weight is 361 g/mol. The lowest BCUT2D eigenvalue weighted by Gasteiger charge is -2.26. The third-order valence-corrected chi connectivity index (χ3v) is 4.16. The predicted molar refractivity (Wildman–Crippen MR) is 104 cm³/mol. The van der Waals surface area contributed by atoms with Crippen LogP contribution < -0.4 is 10.6 Å². The summed E-state index contributed by atoms with van der Waals surface area (Å²) in [6, 6.07) is 6.87. The highest BCUT2D eigenvalue weighted by molar-refractivity contribution is 5.96. The van der Waals surface area contributed by atoms with Crippen molar-refractivity contribution in [1.29, 1.82) is 0 Å². The van der Waals surface area contributed by atoms with Gasteiger partial charge in [-0.2, -0.15) is 0 Å². The Morgan fingerprint density at radius 2 is 1.88 bits per heavy atom. The van der Waals surface area contributed by atoms with Gasteiger partial charge in [-0.15, -0.1) is 0 Å². The smallest absolute Gasteiger partial charge is 0.412 e. The van der Waals surface area contributed by atoms with E-state index in [2.05, 4.69) is 15.5 Å². The van der Waals surface area contributed by atoms with Gasteiger partial charge in [-0.05, 0) is 77.9 Å². The average Bonchev–Trinajstić information content (AvgIpc) is 2.58. The molecule has 144 valence electrons. The van der Waals surface area contributed by atoms with E-state index in [0.29, 0.717) is 17.8 Å². The van der Waals surface area contributed by atoms with Gasteiger partial charge >= 0.3 is 6.09 Å². The second-order valence-corrected chi connectivity index (χ2v) is 7.72. The number of ether oxygens (including phenoxy) is 1. The summed E-state index contributed by atoms with van der Waals surface area (Å²) in [6.07, 6.45) is 4.31. The molecule has 1 aromatic carbocycles. The first kappa shape index (κ1) is 20.2. The van der Waals surface area contributed by atoms with E-state index in [9.17, 15) is 9.59 Å². The van der Waals surface area contributed by atoms with Crippen LogP contribution in [0.1, 0.15) is 56.8 Å². The molecule has 0 bridgehead atoms. The fourth-order valence-electron chi connectivity index (χ4n) is 2.95.